The van der Waals surface area contributed by atoms with Gasteiger partial charge in [-0.25, -0.2) is 0 Å². The summed E-state index contributed by atoms with van der Waals surface area (Å²) >= 11 is 5.16. The SMILES string of the molecule is C=CCNC(=S)NN=Cc1cn(CCOc2c(C)cccc2C)c2ccccc12. The van der Waals surface area contributed by atoms with E-state index >= 15 is 0 Å². The molecule has 29 heavy (non-hydrogen) atoms. The van der Waals surface area contributed by atoms with Gasteiger partial charge in [0.1, 0.15) is 12.4 Å². The van der Waals surface area contributed by atoms with Gasteiger partial charge < -0.3 is 14.6 Å². The van der Waals surface area contributed by atoms with Gasteiger partial charge in [0.25, 0.3) is 0 Å². The van der Waals surface area contributed by atoms with Crippen LogP contribution in [0.15, 0.2) is 66.4 Å². The number of hydrogen-bond acceptors (Lipinski definition) is 3. The van der Waals surface area contributed by atoms with Crippen molar-refractivity contribution >= 4 is 34.4 Å². The van der Waals surface area contributed by atoms with Crippen LogP contribution in [0.3, 0.4) is 0 Å². The minimum Gasteiger partial charge on any atom is -0.491 e. The number of hydrogen-bond donors (Lipinski definition) is 2. The summed E-state index contributed by atoms with van der Waals surface area (Å²) in [5.41, 5.74) is 7.30. The Morgan fingerprint density at radius 3 is 2.69 bits per heavy atom. The van der Waals surface area contributed by atoms with Gasteiger partial charge in [0.05, 0.1) is 12.8 Å². The summed E-state index contributed by atoms with van der Waals surface area (Å²) in [4.78, 5) is 0. The molecule has 0 unspecified atom stereocenters. The fourth-order valence-corrected chi connectivity index (χ4v) is 3.34. The van der Waals surface area contributed by atoms with E-state index in [1.165, 1.54) is 0 Å². The summed E-state index contributed by atoms with van der Waals surface area (Å²) in [6, 6.07) is 14.5. The van der Waals surface area contributed by atoms with Crippen LogP contribution in [-0.2, 0) is 6.54 Å². The van der Waals surface area contributed by atoms with Crippen LogP contribution >= 0.6 is 12.2 Å². The lowest BCUT2D eigenvalue weighted by Gasteiger charge is -2.12. The molecule has 0 saturated heterocycles. The Kier molecular flexibility index (Phi) is 7.03. The molecule has 6 heteroatoms. The van der Waals surface area contributed by atoms with E-state index < -0.39 is 0 Å². The largest absolute Gasteiger partial charge is 0.491 e. The molecule has 5 nitrogen and oxygen atoms in total. The topological polar surface area (TPSA) is 50.6 Å². The summed E-state index contributed by atoms with van der Waals surface area (Å²) in [6.45, 7) is 9.73. The highest BCUT2D eigenvalue weighted by atomic mass is 32.1. The molecule has 0 radical (unpaired) electrons. The first-order chi connectivity index (χ1) is 14.1. The van der Waals surface area contributed by atoms with E-state index in [1.54, 1.807) is 12.3 Å². The third kappa shape index (κ3) is 5.23. The molecule has 1 heterocycles. The van der Waals surface area contributed by atoms with Crippen molar-refractivity contribution in [2.24, 2.45) is 5.10 Å². The molecule has 3 rings (SSSR count). The number of benzene rings is 2. The zero-order chi connectivity index (χ0) is 20.6. The molecule has 0 aliphatic heterocycles. The zero-order valence-corrected chi connectivity index (χ0v) is 17.6. The molecule has 0 fully saturated rings. The van der Waals surface area contributed by atoms with Crippen LogP contribution in [0.1, 0.15) is 16.7 Å². The fourth-order valence-electron chi connectivity index (χ4n) is 3.20. The van der Waals surface area contributed by atoms with Crippen molar-refractivity contribution in [1.82, 2.24) is 15.3 Å². The first-order valence-corrected chi connectivity index (χ1v) is 9.95. The van der Waals surface area contributed by atoms with Crippen LogP contribution < -0.4 is 15.5 Å². The lowest BCUT2D eigenvalue weighted by Crippen LogP contribution is -2.31. The van der Waals surface area contributed by atoms with Gasteiger partial charge in [0.2, 0.25) is 0 Å². The predicted octanol–water partition coefficient (Wildman–Crippen LogP) is 4.32. The number of para-hydroxylation sites is 2. The lowest BCUT2D eigenvalue weighted by atomic mass is 10.1. The van der Waals surface area contributed by atoms with Gasteiger partial charge >= 0.3 is 0 Å². The maximum atomic E-state index is 6.08. The van der Waals surface area contributed by atoms with Crippen molar-refractivity contribution in [2.75, 3.05) is 13.2 Å². The molecule has 2 aromatic carbocycles. The highest BCUT2D eigenvalue weighted by Gasteiger charge is 2.08. The third-order valence-corrected chi connectivity index (χ3v) is 4.82. The van der Waals surface area contributed by atoms with Crippen LogP contribution in [0, 0.1) is 13.8 Å². The molecule has 0 saturated carbocycles. The molecule has 0 bridgehead atoms. The van der Waals surface area contributed by atoms with Gasteiger partial charge in [-0.2, -0.15) is 5.10 Å². The van der Waals surface area contributed by atoms with Crippen LogP contribution in [0.4, 0.5) is 0 Å². The van der Waals surface area contributed by atoms with Crippen molar-refractivity contribution in [2.45, 2.75) is 20.4 Å². The van der Waals surface area contributed by atoms with Gasteiger partial charge in [-0.05, 0) is 43.3 Å². The minimum absolute atomic E-state index is 0.465. The van der Waals surface area contributed by atoms with Gasteiger partial charge in [-0.3, -0.25) is 5.43 Å². The molecular weight excluding hydrogens is 380 g/mol. The van der Waals surface area contributed by atoms with Crippen molar-refractivity contribution in [3.63, 3.8) is 0 Å². The molecule has 0 spiro atoms. The third-order valence-electron chi connectivity index (χ3n) is 4.58. The van der Waals surface area contributed by atoms with Crippen molar-refractivity contribution < 1.29 is 4.74 Å². The Balaban J connectivity index is 1.70. The minimum atomic E-state index is 0.465. The number of hydrazone groups is 1. The monoisotopic (exact) mass is 406 g/mol. The molecule has 150 valence electrons. The number of nitrogens with zero attached hydrogens (tertiary/aromatic N) is 2. The molecule has 1 aromatic heterocycles. The molecule has 0 atom stereocenters. The fraction of sp³-hybridized carbons (Fsp3) is 0.217. The van der Waals surface area contributed by atoms with Crippen molar-refractivity contribution in [1.29, 1.82) is 0 Å². The normalized spacial score (nSPS) is 11.0. The quantitative estimate of drug-likeness (QED) is 0.253. The first-order valence-electron chi connectivity index (χ1n) is 9.55. The highest BCUT2D eigenvalue weighted by Crippen LogP contribution is 2.23. The Hall–Kier alpha value is -3.12. The molecular formula is C23H26N4OS. The van der Waals surface area contributed by atoms with E-state index in [2.05, 4.69) is 77.4 Å². The molecule has 2 N–H and O–H groups in total. The van der Waals surface area contributed by atoms with E-state index in [-0.39, 0.29) is 0 Å². The van der Waals surface area contributed by atoms with E-state index in [0.29, 0.717) is 18.3 Å². The van der Waals surface area contributed by atoms with E-state index in [0.717, 1.165) is 39.9 Å². The first kappa shape index (κ1) is 20.6. The average molecular weight is 407 g/mol. The number of fused-ring (bicyclic) bond motifs is 1. The maximum absolute atomic E-state index is 6.08. The van der Waals surface area contributed by atoms with Crippen molar-refractivity contribution in [3.05, 3.63) is 78.0 Å². The maximum Gasteiger partial charge on any atom is 0.187 e. The van der Waals surface area contributed by atoms with Crippen LogP contribution in [0.5, 0.6) is 5.75 Å². The lowest BCUT2D eigenvalue weighted by molar-refractivity contribution is 0.296. The standard InChI is InChI=1S/C23H26N4OS/c1-4-12-24-23(29)26-25-15-19-16-27(21-11-6-5-10-20(19)21)13-14-28-22-17(2)8-7-9-18(22)3/h4-11,15-16H,1,12-14H2,2-3H3,(H2,24,26,29). The summed E-state index contributed by atoms with van der Waals surface area (Å²) in [5.74, 6) is 0.968. The Morgan fingerprint density at radius 1 is 1.17 bits per heavy atom. The average Bonchev–Trinajstić information content (AvgIpc) is 3.06. The second-order valence-corrected chi connectivity index (χ2v) is 7.14. The molecule has 0 aliphatic carbocycles. The summed E-state index contributed by atoms with van der Waals surface area (Å²) < 4.78 is 8.27. The van der Waals surface area contributed by atoms with Crippen LogP contribution in [0.25, 0.3) is 10.9 Å². The Bertz CT molecular complexity index is 1020. The summed E-state index contributed by atoms with van der Waals surface area (Å²) in [6.07, 6.45) is 5.61. The number of rotatable bonds is 8. The number of thiocarbonyl (C=S) groups is 1. The van der Waals surface area contributed by atoms with Gasteiger partial charge in [-0.15, -0.1) is 6.58 Å². The molecule has 3 aromatic rings. The highest BCUT2D eigenvalue weighted by molar-refractivity contribution is 7.80. The van der Waals surface area contributed by atoms with Crippen LogP contribution in [0.2, 0.25) is 0 Å². The van der Waals surface area contributed by atoms with Crippen LogP contribution in [-0.4, -0.2) is 29.0 Å². The van der Waals surface area contributed by atoms with Gasteiger partial charge in [0.15, 0.2) is 5.11 Å². The summed E-state index contributed by atoms with van der Waals surface area (Å²) in [5, 5.41) is 8.83. The Labute approximate surface area is 177 Å². The van der Waals surface area contributed by atoms with E-state index in [1.807, 2.05) is 12.1 Å². The van der Waals surface area contributed by atoms with Crippen molar-refractivity contribution in [3.8, 4) is 5.75 Å². The second kappa shape index (κ2) is 9.89. The second-order valence-electron chi connectivity index (χ2n) is 6.73. The smallest absolute Gasteiger partial charge is 0.187 e. The summed E-state index contributed by atoms with van der Waals surface area (Å²) in [7, 11) is 0. The van der Waals surface area contributed by atoms with Gasteiger partial charge in [-0.1, -0.05) is 42.5 Å². The Morgan fingerprint density at radius 2 is 1.93 bits per heavy atom. The number of nitrogens with one attached hydrogen (secondary N) is 2. The number of aryl methyl sites for hydroxylation is 2. The zero-order valence-electron chi connectivity index (χ0n) is 16.8. The predicted molar refractivity (Wildman–Crippen MR) is 125 cm³/mol. The molecule has 0 amide bonds. The molecule has 0 aliphatic rings. The number of ether oxygens (including phenoxy) is 1. The number of aromatic nitrogens is 1. The van der Waals surface area contributed by atoms with Gasteiger partial charge in [0, 0.05) is 29.2 Å². The van der Waals surface area contributed by atoms with E-state index in [9.17, 15) is 0 Å². The van der Waals surface area contributed by atoms with E-state index in [4.69, 9.17) is 17.0 Å².